The van der Waals surface area contributed by atoms with Gasteiger partial charge in [0.05, 0.1) is 32.2 Å². The number of H-pyrrole nitrogens is 1. The molecule has 1 aromatic carbocycles. The molecule has 10 heteroatoms. The van der Waals surface area contributed by atoms with Gasteiger partial charge in [-0.2, -0.15) is 0 Å². The molecule has 4 heterocycles. The zero-order valence-electron chi connectivity index (χ0n) is 20.3. The average molecular weight is 489 g/mol. The van der Waals surface area contributed by atoms with Crippen molar-refractivity contribution in [2.24, 2.45) is 0 Å². The maximum Gasteiger partial charge on any atom is 0.252 e. The van der Waals surface area contributed by atoms with Crippen molar-refractivity contribution in [3.8, 4) is 5.75 Å². The molecule has 186 valence electrons. The summed E-state index contributed by atoms with van der Waals surface area (Å²) in [5, 5.41) is 13.5. The molecule has 0 saturated carbocycles. The Morgan fingerprint density at radius 3 is 2.61 bits per heavy atom. The van der Waals surface area contributed by atoms with Gasteiger partial charge >= 0.3 is 0 Å². The second kappa shape index (κ2) is 10.6. The fourth-order valence-corrected chi connectivity index (χ4v) is 4.43. The van der Waals surface area contributed by atoms with Gasteiger partial charge in [-0.25, -0.2) is 4.68 Å². The van der Waals surface area contributed by atoms with E-state index in [1.807, 2.05) is 48.5 Å². The first-order chi connectivity index (χ1) is 17.6. The van der Waals surface area contributed by atoms with Crippen LogP contribution in [0.25, 0.3) is 10.9 Å². The molecule has 5 aromatic rings. The van der Waals surface area contributed by atoms with E-state index in [9.17, 15) is 4.79 Å². The summed E-state index contributed by atoms with van der Waals surface area (Å²) in [5.41, 5.74) is 1.26. The number of aromatic nitrogens is 5. The van der Waals surface area contributed by atoms with Crippen molar-refractivity contribution in [2.45, 2.75) is 45.4 Å². The fraction of sp³-hybridized carbons (Fsp3) is 0.308. The second-order valence-electron chi connectivity index (χ2n) is 8.64. The first-order valence-corrected chi connectivity index (χ1v) is 11.9. The number of furan rings is 2. The zero-order valence-corrected chi connectivity index (χ0v) is 20.3. The molecule has 5 rings (SSSR count). The fourth-order valence-electron chi connectivity index (χ4n) is 4.43. The quantitative estimate of drug-likeness (QED) is 0.293. The minimum atomic E-state index is -0.162. The molecule has 36 heavy (non-hydrogen) atoms. The third-order valence-corrected chi connectivity index (χ3v) is 6.19. The van der Waals surface area contributed by atoms with Crippen LogP contribution in [0.2, 0.25) is 0 Å². The number of nitrogens with one attached hydrogen (secondary N) is 1. The van der Waals surface area contributed by atoms with Gasteiger partial charge in [-0.15, -0.1) is 5.10 Å². The standard InChI is InChI=1S/C26H28N6O4/c1-3-6-24(25-28-29-30-32(25)17-22-8-5-12-36-22)31(16-21-7-4-11-35-21)15-19-13-18-14-20(34-2)9-10-23(18)27-26(19)33/h4-5,7-14,24H,3,6,15-17H2,1-2H3,(H,27,33). The Bertz CT molecular complexity index is 1460. The van der Waals surface area contributed by atoms with Crippen LogP contribution in [0.5, 0.6) is 5.75 Å². The Labute approximate surface area is 207 Å². The molecule has 0 aliphatic rings. The molecule has 1 unspecified atom stereocenters. The number of fused-ring (bicyclic) bond motifs is 1. The summed E-state index contributed by atoms with van der Waals surface area (Å²) in [7, 11) is 1.63. The zero-order chi connectivity index (χ0) is 24.9. The summed E-state index contributed by atoms with van der Waals surface area (Å²) in [5.74, 6) is 2.99. The molecule has 0 aliphatic carbocycles. The molecular weight excluding hydrogens is 460 g/mol. The van der Waals surface area contributed by atoms with Gasteiger partial charge in [0.2, 0.25) is 0 Å². The first-order valence-electron chi connectivity index (χ1n) is 11.9. The molecule has 0 amide bonds. The van der Waals surface area contributed by atoms with Crippen molar-refractivity contribution in [3.05, 3.63) is 94.3 Å². The third-order valence-electron chi connectivity index (χ3n) is 6.19. The van der Waals surface area contributed by atoms with E-state index in [2.05, 4.69) is 32.3 Å². The van der Waals surface area contributed by atoms with Crippen LogP contribution in [0, 0.1) is 0 Å². The number of hydrogen-bond acceptors (Lipinski definition) is 8. The van der Waals surface area contributed by atoms with Crippen LogP contribution in [-0.4, -0.2) is 37.2 Å². The first kappa shape index (κ1) is 23.6. The average Bonchev–Trinajstić information content (AvgIpc) is 3.67. The van der Waals surface area contributed by atoms with Crippen molar-refractivity contribution in [3.63, 3.8) is 0 Å². The molecular formula is C26H28N6O4. The number of aromatic amines is 1. The number of pyridine rings is 1. The summed E-state index contributed by atoms with van der Waals surface area (Å²) in [6.45, 7) is 3.40. The van der Waals surface area contributed by atoms with E-state index < -0.39 is 0 Å². The Hall–Kier alpha value is -4.18. The smallest absolute Gasteiger partial charge is 0.252 e. The van der Waals surface area contributed by atoms with E-state index >= 15 is 0 Å². The molecule has 1 atom stereocenters. The van der Waals surface area contributed by atoms with Crippen LogP contribution in [0.15, 0.2) is 74.7 Å². The second-order valence-corrected chi connectivity index (χ2v) is 8.64. The minimum Gasteiger partial charge on any atom is -0.497 e. The van der Waals surface area contributed by atoms with Gasteiger partial charge in [0.25, 0.3) is 5.56 Å². The van der Waals surface area contributed by atoms with E-state index in [4.69, 9.17) is 13.6 Å². The minimum absolute atomic E-state index is 0.137. The van der Waals surface area contributed by atoms with Crippen LogP contribution in [0.1, 0.15) is 48.7 Å². The lowest BCUT2D eigenvalue weighted by molar-refractivity contribution is 0.144. The summed E-state index contributed by atoms with van der Waals surface area (Å²) in [6.07, 6.45) is 4.97. The van der Waals surface area contributed by atoms with Crippen LogP contribution in [0.4, 0.5) is 0 Å². The predicted octanol–water partition coefficient (Wildman–Crippen LogP) is 4.30. The molecule has 0 radical (unpaired) electrons. The lowest BCUT2D eigenvalue weighted by Gasteiger charge is -2.30. The number of hydrogen-bond donors (Lipinski definition) is 1. The number of methoxy groups -OCH3 is 1. The highest BCUT2D eigenvalue weighted by Crippen LogP contribution is 2.28. The summed E-state index contributed by atoms with van der Waals surface area (Å²) >= 11 is 0. The Kier molecular flexibility index (Phi) is 6.94. The van der Waals surface area contributed by atoms with E-state index in [1.54, 1.807) is 24.3 Å². The molecule has 0 aliphatic heterocycles. The SMILES string of the molecule is CCCC(c1nnnn1Cc1ccco1)N(Cc1ccco1)Cc1cc2cc(OC)ccc2[nH]c1=O. The van der Waals surface area contributed by atoms with Gasteiger partial charge in [-0.3, -0.25) is 9.69 Å². The van der Waals surface area contributed by atoms with Crippen molar-refractivity contribution in [1.82, 2.24) is 30.1 Å². The molecule has 1 N–H and O–H groups in total. The lowest BCUT2D eigenvalue weighted by atomic mass is 10.1. The summed E-state index contributed by atoms with van der Waals surface area (Å²) < 4.78 is 18.3. The van der Waals surface area contributed by atoms with Crippen LogP contribution in [0.3, 0.4) is 0 Å². The molecule has 4 aromatic heterocycles. The van der Waals surface area contributed by atoms with Gasteiger partial charge in [-0.05, 0) is 65.4 Å². The lowest BCUT2D eigenvalue weighted by Crippen LogP contribution is -2.32. The highest BCUT2D eigenvalue weighted by atomic mass is 16.5. The van der Waals surface area contributed by atoms with Crippen LogP contribution >= 0.6 is 0 Å². The van der Waals surface area contributed by atoms with Crippen LogP contribution < -0.4 is 10.3 Å². The molecule has 0 saturated heterocycles. The number of ether oxygens (including phenoxy) is 1. The van der Waals surface area contributed by atoms with Crippen molar-refractivity contribution in [1.29, 1.82) is 0 Å². The number of nitrogens with zero attached hydrogens (tertiary/aromatic N) is 5. The van der Waals surface area contributed by atoms with Gasteiger partial charge in [-0.1, -0.05) is 13.3 Å². The van der Waals surface area contributed by atoms with E-state index in [0.29, 0.717) is 31.0 Å². The molecule has 0 bridgehead atoms. The Balaban J connectivity index is 1.53. The highest BCUT2D eigenvalue weighted by molar-refractivity contribution is 5.80. The van der Waals surface area contributed by atoms with Crippen molar-refractivity contribution < 1.29 is 13.6 Å². The van der Waals surface area contributed by atoms with Crippen LogP contribution in [-0.2, 0) is 19.6 Å². The maximum absolute atomic E-state index is 13.1. The van der Waals surface area contributed by atoms with E-state index in [-0.39, 0.29) is 11.6 Å². The number of benzene rings is 1. The Morgan fingerprint density at radius 1 is 1.08 bits per heavy atom. The van der Waals surface area contributed by atoms with Gasteiger partial charge in [0, 0.05) is 23.0 Å². The molecule has 0 spiro atoms. The maximum atomic E-state index is 13.1. The van der Waals surface area contributed by atoms with Crippen molar-refractivity contribution in [2.75, 3.05) is 7.11 Å². The number of rotatable bonds is 11. The topological polar surface area (TPSA) is 115 Å². The van der Waals surface area contributed by atoms with E-state index in [0.717, 1.165) is 41.0 Å². The normalized spacial score (nSPS) is 12.4. The largest absolute Gasteiger partial charge is 0.497 e. The monoisotopic (exact) mass is 488 g/mol. The van der Waals surface area contributed by atoms with E-state index in [1.165, 1.54) is 0 Å². The summed E-state index contributed by atoms with van der Waals surface area (Å²) in [4.78, 5) is 18.3. The highest BCUT2D eigenvalue weighted by Gasteiger charge is 2.27. The third kappa shape index (κ3) is 5.08. The molecule has 0 fully saturated rings. The van der Waals surface area contributed by atoms with Crippen molar-refractivity contribution >= 4 is 10.9 Å². The predicted molar refractivity (Wildman–Crippen MR) is 132 cm³/mol. The van der Waals surface area contributed by atoms with Gasteiger partial charge in [0.15, 0.2) is 5.82 Å². The van der Waals surface area contributed by atoms with Gasteiger partial charge < -0.3 is 18.6 Å². The van der Waals surface area contributed by atoms with Gasteiger partial charge in [0.1, 0.15) is 23.8 Å². The summed E-state index contributed by atoms with van der Waals surface area (Å²) in [6, 6.07) is 14.9. The number of tetrazole rings is 1. The Morgan fingerprint density at radius 2 is 1.89 bits per heavy atom. The molecule has 10 nitrogen and oxygen atoms in total.